The van der Waals surface area contributed by atoms with Crippen molar-refractivity contribution in [2.45, 2.75) is 69.3 Å². The first-order chi connectivity index (χ1) is 14.7. The number of carbonyl (C=O) groups excluding carboxylic acids is 2. The lowest BCUT2D eigenvalue weighted by Crippen LogP contribution is -2.42. The molecule has 0 bridgehead atoms. The van der Waals surface area contributed by atoms with Crippen molar-refractivity contribution in [3.63, 3.8) is 0 Å². The Labute approximate surface area is 176 Å². The van der Waals surface area contributed by atoms with Crippen LogP contribution in [0.3, 0.4) is 0 Å². The molecule has 1 aliphatic rings. The number of hydrogen-bond donors (Lipinski definition) is 4. The number of hydrogen-bond acceptors (Lipinski definition) is 9. The van der Waals surface area contributed by atoms with E-state index in [2.05, 4.69) is 4.98 Å². The normalized spacial score (nSPS) is 22.3. The standard InChI is InChI=1S/C18H26F2N4O7/c19-18(20)15(27)11(31-16(18)24-9-8-12(21)22-17(24)28)10-30-14(26)7-5-3-1-2-4-6-13(25)23-29/h8-9,11,15-16,27,29H,1-7,10H2,(H,23,25)(H2,21,22,28). The summed E-state index contributed by atoms with van der Waals surface area (Å²) in [6.45, 7) is -0.598. The maximum Gasteiger partial charge on any atom is 0.351 e. The average Bonchev–Trinajstić information content (AvgIpc) is 2.94. The Morgan fingerprint density at radius 3 is 2.55 bits per heavy atom. The van der Waals surface area contributed by atoms with E-state index in [1.165, 1.54) is 0 Å². The number of nitrogens with zero attached hydrogens (tertiary/aromatic N) is 2. The highest BCUT2D eigenvalue weighted by Gasteiger charge is 2.60. The molecule has 1 fully saturated rings. The number of nitrogens with one attached hydrogen (secondary N) is 1. The molecule has 2 rings (SSSR count). The molecule has 1 amide bonds. The molecule has 5 N–H and O–H groups in total. The Morgan fingerprint density at radius 1 is 1.26 bits per heavy atom. The third-order valence-corrected chi connectivity index (χ3v) is 4.80. The summed E-state index contributed by atoms with van der Waals surface area (Å²) in [5, 5.41) is 18.3. The molecule has 174 valence electrons. The first-order valence-corrected chi connectivity index (χ1v) is 9.81. The molecule has 0 aliphatic carbocycles. The maximum atomic E-state index is 14.4. The molecule has 3 unspecified atom stereocenters. The number of unbranched alkanes of at least 4 members (excludes halogenated alkanes) is 4. The number of halogens is 2. The minimum Gasteiger partial charge on any atom is -0.463 e. The average molecular weight is 448 g/mol. The second kappa shape index (κ2) is 11.1. The van der Waals surface area contributed by atoms with E-state index >= 15 is 0 Å². The number of aromatic nitrogens is 2. The summed E-state index contributed by atoms with van der Waals surface area (Å²) in [7, 11) is 0. The van der Waals surface area contributed by atoms with E-state index in [1.54, 1.807) is 5.48 Å². The molecular weight excluding hydrogens is 422 g/mol. The Kier molecular flexibility index (Phi) is 8.83. The monoisotopic (exact) mass is 448 g/mol. The van der Waals surface area contributed by atoms with Crippen molar-refractivity contribution in [3.05, 3.63) is 22.7 Å². The van der Waals surface area contributed by atoms with Gasteiger partial charge in [-0.25, -0.2) is 10.3 Å². The zero-order valence-electron chi connectivity index (χ0n) is 16.7. The van der Waals surface area contributed by atoms with Crippen LogP contribution in [0.25, 0.3) is 0 Å². The van der Waals surface area contributed by atoms with Gasteiger partial charge in [-0.15, -0.1) is 0 Å². The maximum absolute atomic E-state index is 14.4. The van der Waals surface area contributed by atoms with Crippen LogP contribution in [-0.2, 0) is 19.1 Å². The van der Waals surface area contributed by atoms with E-state index < -0.39 is 48.5 Å². The van der Waals surface area contributed by atoms with E-state index in [1.807, 2.05) is 0 Å². The lowest BCUT2D eigenvalue weighted by atomic mass is 10.1. The zero-order chi connectivity index (χ0) is 23.0. The molecule has 3 atom stereocenters. The second-order valence-corrected chi connectivity index (χ2v) is 7.17. The van der Waals surface area contributed by atoms with Crippen LogP contribution in [0.5, 0.6) is 0 Å². The fraction of sp³-hybridized carbons (Fsp3) is 0.667. The Balaban J connectivity index is 1.75. The molecule has 1 aliphatic heterocycles. The number of anilines is 1. The Bertz CT molecular complexity index is 820. The molecule has 11 nitrogen and oxygen atoms in total. The van der Waals surface area contributed by atoms with Crippen LogP contribution in [0, 0.1) is 0 Å². The van der Waals surface area contributed by atoms with Gasteiger partial charge < -0.3 is 20.3 Å². The van der Waals surface area contributed by atoms with Crippen molar-refractivity contribution < 1.29 is 38.2 Å². The van der Waals surface area contributed by atoms with Crippen LogP contribution in [-0.4, -0.2) is 56.5 Å². The van der Waals surface area contributed by atoms with E-state index in [9.17, 15) is 28.3 Å². The number of nitrogens with two attached hydrogens (primary N) is 1. The molecule has 1 aromatic rings. The number of hydroxylamine groups is 1. The smallest absolute Gasteiger partial charge is 0.351 e. The van der Waals surface area contributed by atoms with Crippen molar-refractivity contribution in [1.82, 2.24) is 15.0 Å². The molecule has 0 spiro atoms. The third kappa shape index (κ3) is 6.67. The molecule has 13 heteroatoms. The molecule has 0 saturated carbocycles. The predicted octanol–water partition coefficient (Wildman–Crippen LogP) is 0.498. The lowest BCUT2D eigenvalue weighted by Gasteiger charge is -2.20. The first kappa shape index (κ1) is 24.6. The molecule has 0 radical (unpaired) electrons. The number of carbonyl (C=O) groups is 2. The van der Waals surface area contributed by atoms with Gasteiger partial charge in [-0.05, 0) is 18.9 Å². The van der Waals surface area contributed by atoms with Gasteiger partial charge in [-0.1, -0.05) is 19.3 Å². The van der Waals surface area contributed by atoms with Crippen LogP contribution in [0.2, 0.25) is 0 Å². The summed E-state index contributed by atoms with van der Waals surface area (Å²) in [6.07, 6.45) is -1.33. The largest absolute Gasteiger partial charge is 0.463 e. The third-order valence-electron chi connectivity index (χ3n) is 4.80. The summed E-state index contributed by atoms with van der Waals surface area (Å²) in [5.41, 5.74) is 5.82. The van der Waals surface area contributed by atoms with Gasteiger partial charge in [0.25, 0.3) is 0 Å². The highest BCUT2D eigenvalue weighted by atomic mass is 19.3. The van der Waals surface area contributed by atoms with Crippen molar-refractivity contribution in [2.75, 3.05) is 12.3 Å². The summed E-state index contributed by atoms with van der Waals surface area (Å²) in [6, 6.07) is 1.14. The van der Waals surface area contributed by atoms with E-state index in [0.717, 1.165) is 25.1 Å². The fourth-order valence-corrected chi connectivity index (χ4v) is 3.10. The number of esters is 1. The van der Waals surface area contributed by atoms with Gasteiger partial charge >= 0.3 is 17.6 Å². The summed E-state index contributed by atoms with van der Waals surface area (Å²) in [5.74, 6) is -5.05. The SMILES string of the molecule is Nc1ccn(C2OC(COC(=O)CCCCCCCC(=O)NO)C(O)C2(F)F)c(=O)n1. The zero-order valence-corrected chi connectivity index (χ0v) is 16.7. The van der Waals surface area contributed by atoms with Gasteiger partial charge in [-0.3, -0.25) is 19.4 Å². The minimum absolute atomic E-state index is 0.0566. The van der Waals surface area contributed by atoms with Crippen molar-refractivity contribution in [1.29, 1.82) is 0 Å². The van der Waals surface area contributed by atoms with Crippen molar-refractivity contribution in [3.8, 4) is 0 Å². The molecule has 31 heavy (non-hydrogen) atoms. The van der Waals surface area contributed by atoms with Gasteiger partial charge in [-0.2, -0.15) is 13.8 Å². The lowest BCUT2D eigenvalue weighted by molar-refractivity contribution is -0.150. The number of ether oxygens (including phenoxy) is 2. The number of rotatable bonds is 11. The van der Waals surface area contributed by atoms with Gasteiger partial charge in [0.15, 0.2) is 6.10 Å². The molecule has 1 aromatic heterocycles. The van der Waals surface area contributed by atoms with Crippen molar-refractivity contribution >= 4 is 17.7 Å². The molecule has 1 saturated heterocycles. The van der Waals surface area contributed by atoms with Crippen molar-refractivity contribution in [2.24, 2.45) is 0 Å². The van der Waals surface area contributed by atoms with Crippen LogP contribution in [0.4, 0.5) is 14.6 Å². The van der Waals surface area contributed by atoms with E-state index in [-0.39, 0.29) is 18.7 Å². The molecule has 2 heterocycles. The van der Waals surface area contributed by atoms with Gasteiger partial charge in [0.05, 0.1) is 0 Å². The minimum atomic E-state index is -3.81. The highest BCUT2D eigenvalue weighted by Crippen LogP contribution is 2.42. The van der Waals surface area contributed by atoms with E-state index in [0.29, 0.717) is 23.8 Å². The fourth-order valence-electron chi connectivity index (χ4n) is 3.10. The van der Waals surface area contributed by atoms with Crippen LogP contribution in [0.15, 0.2) is 17.1 Å². The topological polar surface area (TPSA) is 166 Å². The number of nitrogen functional groups attached to an aromatic ring is 1. The van der Waals surface area contributed by atoms with Gasteiger partial charge in [0.2, 0.25) is 12.1 Å². The second-order valence-electron chi connectivity index (χ2n) is 7.17. The Hall–Kier alpha value is -2.64. The number of aliphatic hydroxyl groups is 1. The Morgan fingerprint density at radius 2 is 1.90 bits per heavy atom. The number of alkyl halides is 2. The van der Waals surface area contributed by atoms with E-state index in [4.69, 9.17) is 20.4 Å². The molecular formula is C18H26F2N4O7. The van der Waals surface area contributed by atoms with Crippen LogP contribution in [0.1, 0.15) is 51.2 Å². The first-order valence-electron chi connectivity index (χ1n) is 9.81. The molecule has 0 aromatic carbocycles. The van der Waals surface area contributed by atoms with Gasteiger partial charge in [0.1, 0.15) is 18.5 Å². The van der Waals surface area contributed by atoms with Crippen LogP contribution < -0.4 is 16.9 Å². The number of aliphatic hydroxyl groups excluding tert-OH is 1. The number of amides is 1. The van der Waals surface area contributed by atoms with Gasteiger partial charge in [0, 0.05) is 19.0 Å². The quantitative estimate of drug-likeness (QED) is 0.163. The van der Waals surface area contributed by atoms with Crippen LogP contribution >= 0.6 is 0 Å². The highest BCUT2D eigenvalue weighted by molar-refractivity contribution is 5.74. The predicted molar refractivity (Wildman–Crippen MR) is 101 cm³/mol. The summed E-state index contributed by atoms with van der Waals surface area (Å²) < 4.78 is 39.3. The summed E-state index contributed by atoms with van der Waals surface area (Å²) in [4.78, 5) is 37.8. The summed E-state index contributed by atoms with van der Waals surface area (Å²) >= 11 is 0.